The lowest BCUT2D eigenvalue weighted by Crippen LogP contribution is -2.19. The summed E-state index contributed by atoms with van der Waals surface area (Å²) in [4.78, 5) is 0. The third-order valence-corrected chi connectivity index (χ3v) is 2.89. The highest BCUT2D eigenvalue weighted by Crippen LogP contribution is 2.16. The van der Waals surface area contributed by atoms with Crippen LogP contribution in [0.2, 0.25) is 5.02 Å². The second-order valence-electron chi connectivity index (χ2n) is 4.91. The minimum absolute atomic E-state index is 0.302. The molecule has 0 unspecified atom stereocenters. The molecular formula is C14H17ClFN3. The summed E-state index contributed by atoms with van der Waals surface area (Å²) in [6.45, 7) is 5.85. The van der Waals surface area contributed by atoms with E-state index < -0.39 is 0 Å². The lowest BCUT2D eigenvalue weighted by atomic mass is 10.1. The van der Waals surface area contributed by atoms with Crippen LogP contribution in [0.25, 0.3) is 5.69 Å². The molecule has 2 rings (SSSR count). The van der Waals surface area contributed by atoms with Crippen molar-refractivity contribution in [3.05, 3.63) is 47.0 Å². The third-order valence-electron chi connectivity index (χ3n) is 2.69. The second kappa shape index (κ2) is 6.17. The maximum atomic E-state index is 14.0. The van der Waals surface area contributed by atoms with Gasteiger partial charge in [-0.3, -0.25) is 0 Å². The van der Waals surface area contributed by atoms with Crippen LogP contribution in [0.5, 0.6) is 0 Å². The van der Waals surface area contributed by atoms with Crippen LogP contribution in [0.4, 0.5) is 4.39 Å². The molecular weight excluding hydrogens is 265 g/mol. The van der Waals surface area contributed by atoms with Crippen molar-refractivity contribution in [1.82, 2.24) is 15.1 Å². The van der Waals surface area contributed by atoms with E-state index in [2.05, 4.69) is 24.3 Å². The van der Waals surface area contributed by atoms with Crippen LogP contribution in [-0.2, 0) is 6.54 Å². The fraction of sp³-hybridized carbons (Fsp3) is 0.357. The molecule has 0 saturated carbocycles. The van der Waals surface area contributed by atoms with E-state index >= 15 is 0 Å². The Balaban J connectivity index is 2.09. The van der Waals surface area contributed by atoms with E-state index in [0.29, 0.717) is 23.2 Å². The average Bonchev–Trinajstić information content (AvgIpc) is 2.75. The summed E-state index contributed by atoms with van der Waals surface area (Å²) in [6, 6.07) is 5.13. The summed E-state index contributed by atoms with van der Waals surface area (Å²) < 4.78 is 15.4. The van der Waals surface area contributed by atoms with Crippen LogP contribution in [0.1, 0.15) is 19.4 Å². The summed E-state index contributed by atoms with van der Waals surface area (Å²) in [6.07, 6.45) is 3.07. The Kier molecular flexibility index (Phi) is 4.56. The predicted molar refractivity (Wildman–Crippen MR) is 75.1 cm³/mol. The molecule has 0 bridgehead atoms. The van der Waals surface area contributed by atoms with Gasteiger partial charge in [-0.05, 0) is 30.2 Å². The van der Waals surface area contributed by atoms with Crippen molar-refractivity contribution in [1.29, 1.82) is 0 Å². The zero-order chi connectivity index (χ0) is 13.8. The lowest BCUT2D eigenvalue weighted by molar-refractivity contribution is 0.549. The molecule has 0 amide bonds. The zero-order valence-electron chi connectivity index (χ0n) is 11.0. The second-order valence-corrected chi connectivity index (χ2v) is 5.35. The highest BCUT2D eigenvalue weighted by atomic mass is 35.5. The normalized spacial score (nSPS) is 11.2. The van der Waals surface area contributed by atoms with Crippen molar-refractivity contribution >= 4 is 11.6 Å². The van der Waals surface area contributed by atoms with E-state index in [0.717, 1.165) is 12.1 Å². The maximum Gasteiger partial charge on any atom is 0.149 e. The third kappa shape index (κ3) is 3.78. The molecule has 19 heavy (non-hydrogen) atoms. The van der Waals surface area contributed by atoms with Gasteiger partial charge in [0.25, 0.3) is 0 Å². The number of hydrogen-bond acceptors (Lipinski definition) is 2. The molecule has 1 N–H and O–H groups in total. The summed E-state index contributed by atoms with van der Waals surface area (Å²) >= 11 is 5.78. The van der Waals surface area contributed by atoms with E-state index in [-0.39, 0.29) is 5.82 Å². The van der Waals surface area contributed by atoms with Crippen molar-refractivity contribution in [2.75, 3.05) is 6.54 Å². The molecule has 0 atom stereocenters. The zero-order valence-corrected chi connectivity index (χ0v) is 11.8. The van der Waals surface area contributed by atoms with Gasteiger partial charge in [0.15, 0.2) is 0 Å². The molecule has 2 aromatic rings. The number of aromatic nitrogens is 2. The largest absolute Gasteiger partial charge is 0.312 e. The number of halogens is 2. The van der Waals surface area contributed by atoms with Crippen LogP contribution in [0.3, 0.4) is 0 Å². The first-order valence-corrected chi connectivity index (χ1v) is 6.63. The molecule has 0 fully saturated rings. The highest BCUT2D eigenvalue weighted by Gasteiger charge is 2.07. The van der Waals surface area contributed by atoms with Crippen LogP contribution >= 0.6 is 11.6 Å². The molecule has 1 heterocycles. The maximum absolute atomic E-state index is 14.0. The molecule has 0 aliphatic rings. The smallest absolute Gasteiger partial charge is 0.149 e. The van der Waals surface area contributed by atoms with E-state index in [1.165, 1.54) is 16.9 Å². The fourth-order valence-corrected chi connectivity index (χ4v) is 1.92. The highest BCUT2D eigenvalue weighted by molar-refractivity contribution is 6.30. The Hall–Kier alpha value is -1.39. The van der Waals surface area contributed by atoms with Crippen LogP contribution < -0.4 is 5.32 Å². The van der Waals surface area contributed by atoms with Gasteiger partial charge in [-0.1, -0.05) is 31.5 Å². The Labute approximate surface area is 117 Å². The monoisotopic (exact) mass is 281 g/mol. The number of nitrogens with zero attached hydrogens (tertiary/aromatic N) is 2. The topological polar surface area (TPSA) is 29.9 Å². The van der Waals surface area contributed by atoms with Crippen LogP contribution in [-0.4, -0.2) is 16.3 Å². The predicted octanol–water partition coefficient (Wildman–Crippen LogP) is 3.41. The quantitative estimate of drug-likeness (QED) is 0.910. The van der Waals surface area contributed by atoms with Crippen LogP contribution in [0, 0.1) is 11.7 Å². The minimum Gasteiger partial charge on any atom is -0.312 e. The van der Waals surface area contributed by atoms with Gasteiger partial charge in [0.2, 0.25) is 0 Å². The van der Waals surface area contributed by atoms with Crippen LogP contribution in [0.15, 0.2) is 30.6 Å². The summed E-state index contributed by atoms with van der Waals surface area (Å²) in [5.41, 5.74) is 1.32. The van der Waals surface area contributed by atoms with Gasteiger partial charge in [0, 0.05) is 12.7 Å². The Morgan fingerprint density at radius 2 is 2.21 bits per heavy atom. The summed E-state index contributed by atoms with van der Waals surface area (Å²) in [5, 5.41) is 7.76. The van der Waals surface area contributed by atoms with Crippen molar-refractivity contribution in [3.63, 3.8) is 0 Å². The molecule has 1 aromatic carbocycles. The van der Waals surface area contributed by atoms with Gasteiger partial charge in [-0.15, -0.1) is 0 Å². The van der Waals surface area contributed by atoms with E-state index in [9.17, 15) is 4.39 Å². The van der Waals surface area contributed by atoms with E-state index in [1.807, 2.05) is 6.07 Å². The van der Waals surface area contributed by atoms with Gasteiger partial charge in [-0.25, -0.2) is 9.07 Å². The van der Waals surface area contributed by atoms with Gasteiger partial charge in [0.05, 0.1) is 11.2 Å². The number of nitrogens with one attached hydrogen (secondary N) is 1. The standard InChI is InChI=1S/C14H17ClFN3/c1-10(2)6-17-7-11-3-4-14(13(16)5-11)19-9-12(15)8-18-19/h3-5,8-10,17H,6-7H2,1-2H3. The summed E-state index contributed by atoms with van der Waals surface area (Å²) in [5.74, 6) is 0.277. The minimum atomic E-state index is -0.302. The van der Waals surface area contributed by atoms with Crippen molar-refractivity contribution in [2.45, 2.75) is 20.4 Å². The molecule has 0 aliphatic heterocycles. The lowest BCUT2D eigenvalue weighted by Gasteiger charge is -2.09. The fourth-order valence-electron chi connectivity index (χ4n) is 1.78. The first kappa shape index (κ1) is 14.0. The van der Waals surface area contributed by atoms with Crippen molar-refractivity contribution in [2.24, 2.45) is 5.92 Å². The molecule has 0 aliphatic carbocycles. The van der Waals surface area contributed by atoms with Gasteiger partial charge < -0.3 is 5.32 Å². The first-order valence-electron chi connectivity index (χ1n) is 6.26. The molecule has 0 spiro atoms. The molecule has 5 heteroatoms. The molecule has 0 radical (unpaired) electrons. The molecule has 3 nitrogen and oxygen atoms in total. The van der Waals surface area contributed by atoms with E-state index in [1.54, 1.807) is 12.3 Å². The first-order chi connectivity index (χ1) is 9.06. The number of hydrogen-bond donors (Lipinski definition) is 1. The van der Waals surface area contributed by atoms with Gasteiger partial charge >= 0.3 is 0 Å². The van der Waals surface area contributed by atoms with E-state index in [4.69, 9.17) is 11.6 Å². The van der Waals surface area contributed by atoms with Gasteiger partial charge in [0.1, 0.15) is 11.5 Å². The van der Waals surface area contributed by atoms with Crippen molar-refractivity contribution in [3.8, 4) is 5.69 Å². The summed E-state index contributed by atoms with van der Waals surface area (Å²) in [7, 11) is 0. The average molecular weight is 282 g/mol. The Morgan fingerprint density at radius 3 is 2.79 bits per heavy atom. The Bertz CT molecular complexity index is 551. The number of benzene rings is 1. The van der Waals surface area contributed by atoms with Crippen molar-refractivity contribution < 1.29 is 4.39 Å². The number of rotatable bonds is 5. The Morgan fingerprint density at radius 1 is 1.42 bits per heavy atom. The molecule has 1 aromatic heterocycles. The molecule has 0 saturated heterocycles. The van der Waals surface area contributed by atoms with Gasteiger partial charge in [-0.2, -0.15) is 5.10 Å². The molecule has 102 valence electrons. The SMILES string of the molecule is CC(C)CNCc1ccc(-n2cc(Cl)cn2)c(F)c1.